The number of carbonyl (C=O) groups excluding carboxylic acids is 1. The van der Waals surface area contributed by atoms with Crippen LogP contribution in [0.4, 0.5) is 0 Å². The second kappa shape index (κ2) is 6.19. The second-order valence-corrected chi connectivity index (χ2v) is 4.66. The first-order valence-corrected chi connectivity index (χ1v) is 6.66. The van der Waals surface area contributed by atoms with E-state index < -0.39 is 0 Å². The number of unbranched alkanes of at least 4 members (excludes halogenated alkanes) is 1. The van der Waals surface area contributed by atoms with Crippen molar-refractivity contribution in [2.75, 3.05) is 6.26 Å². The second-order valence-electron chi connectivity index (χ2n) is 3.37. The van der Waals surface area contributed by atoms with E-state index in [-0.39, 0.29) is 5.78 Å². The highest BCUT2D eigenvalue weighted by Crippen LogP contribution is 2.25. The lowest BCUT2D eigenvalue weighted by molar-refractivity contribution is 0.0977. The summed E-state index contributed by atoms with van der Waals surface area (Å²) in [6.45, 7) is 2.09. The van der Waals surface area contributed by atoms with Crippen molar-refractivity contribution >= 4 is 29.1 Å². The molecule has 0 aromatic heterocycles. The summed E-state index contributed by atoms with van der Waals surface area (Å²) < 4.78 is 0. The number of carbonyl (C=O) groups is 1. The van der Waals surface area contributed by atoms with Gasteiger partial charge in [0.25, 0.3) is 0 Å². The zero-order valence-electron chi connectivity index (χ0n) is 9.05. The van der Waals surface area contributed by atoms with E-state index in [4.69, 9.17) is 11.6 Å². The number of ketones is 1. The molecule has 1 nitrogen and oxygen atoms in total. The quantitative estimate of drug-likeness (QED) is 0.561. The van der Waals surface area contributed by atoms with Gasteiger partial charge in [0.15, 0.2) is 5.78 Å². The fourth-order valence-electron chi connectivity index (χ4n) is 1.37. The Hall–Kier alpha value is -0.470. The van der Waals surface area contributed by atoms with Crippen LogP contribution in [-0.4, -0.2) is 12.0 Å². The van der Waals surface area contributed by atoms with E-state index in [2.05, 4.69) is 6.92 Å². The molecule has 0 heterocycles. The molecule has 0 aliphatic carbocycles. The van der Waals surface area contributed by atoms with Crippen molar-refractivity contribution in [2.45, 2.75) is 31.1 Å². The average Bonchev–Trinajstić information content (AvgIpc) is 2.25. The molecule has 0 atom stereocenters. The largest absolute Gasteiger partial charge is 0.294 e. The third-order valence-electron chi connectivity index (χ3n) is 2.22. The zero-order chi connectivity index (χ0) is 11.3. The van der Waals surface area contributed by atoms with Crippen LogP contribution in [0, 0.1) is 0 Å². The highest BCUT2D eigenvalue weighted by atomic mass is 35.5. The van der Waals surface area contributed by atoms with Gasteiger partial charge in [-0.25, -0.2) is 0 Å². The summed E-state index contributed by atoms with van der Waals surface area (Å²) in [7, 11) is 0. The van der Waals surface area contributed by atoms with Gasteiger partial charge in [-0.1, -0.05) is 24.9 Å². The van der Waals surface area contributed by atoms with Gasteiger partial charge in [0.2, 0.25) is 0 Å². The van der Waals surface area contributed by atoms with Crippen molar-refractivity contribution in [1.29, 1.82) is 0 Å². The fourth-order valence-corrected chi connectivity index (χ4v) is 2.25. The Morgan fingerprint density at radius 3 is 2.80 bits per heavy atom. The Labute approximate surface area is 100 Å². The molecule has 0 aliphatic heterocycles. The van der Waals surface area contributed by atoms with Gasteiger partial charge >= 0.3 is 0 Å². The fraction of sp³-hybridized carbons (Fsp3) is 0.417. The Bertz CT molecular complexity index is 349. The van der Waals surface area contributed by atoms with Crippen LogP contribution in [0.1, 0.15) is 36.5 Å². The first-order chi connectivity index (χ1) is 7.19. The van der Waals surface area contributed by atoms with Crippen LogP contribution in [0.25, 0.3) is 0 Å². The molecule has 0 amide bonds. The Kier molecular flexibility index (Phi) is 5.20. The number of benzene rings is 1. The molecule has 1 aromatic carbocycles. The molecule has 0 saturated carbocycles. The molecule has 82 valence electrons. The molecule has 3 heteroatoms. The molecule has 0 bridgehead atoms. The maximum Gasteiger partial charge on any atom is 0.164 e. The van der Waals surface area contributed by atoms with E-state index in [1.54, 1.807) is 17.8 Å². The predicted octanol–water partition coefficient (Wildman–Crippen LogP) is 4.43. The summed E-state index contributed by atoms with van der Waals surface area (Å²) in [4.78, 5) is 12.8. The summed E-state index contributed by atoms with van der Waals surface area (Å²) in [5, 5.41) is 0.686. The molecular weight excluding hydrogens is 228 g/mol. The number of halogens is 1. The molecule has 0 fully saturated rings. The maximum atomic E-state index is 11.8. The van der Waals surface area contributed by atoms with Crippen LogP contribution >= 0.6 is 23.4 Å². The van der Waals surface area contributed by atoms with Gasteiger partial charge in [0, 0.05) is 21.9 Å². The van der Waals surface area contributed by atoms with Crippen molar-refractivity contribution in [3.63, 3.8) is 0 Å². The summed E-state index contributed by atoms with van der Waals surface area (Å²) >= 11 is 7.45. The maximum absolute atomic E-state index is 11.8. The highest BCUT2D eigenvalue weighted by Gasteiger charge is 2.10. The van der Waals surface area contributed by atoms with Crippen molar-refractivity contribution in [3.8, 4) is 0 Å². The Morgan fingerprint density at radius 1 is 1.47 bits per heavy atom. The SMILES string of the molecule is CCCCC(=O)c1ccc(Cl)cc1SC. The first-order valence-electron chi connectivity index (χ1n) is 5.05. The molecule has 0 N–H and O–H groups in total. The van der Waals surface area contributed by atoms with Crippen LogP contribution < -0.4 is 0 Å². The van der Waals surface area contributed by atoms with Crippen LogP contribution in [0.2, 0.25) is 5.02 Å². The van der Waals surface area contributed by atoms with Crippen LogP contribution in [0.15, 0.2) is 23.1 Å². The van der Waals surface area contributed by atoms with Crippen LogP contribution in [0.3, 0.4) is 0 Å². The minimum Gasteiger partial charge on any atom is -0.294 e. The van der Waals surface area contributed by atoms with Gasteiger partial charge in [0.1, 0.15) is 0 Å². The number of hydrogen-bond donors (Lipinski definition) is 0. The van der Waals surface area contributed by atoms with Crippen LogP contribution in [-0.2, 0) is 0 Å². The summed E-state index contributed by atoms with van der Waals surface area (Å²) in [6.07, 6.45) is 4.59. The lowest BCUT2D eigenvalue weighted by atomic mass is 10.1. The zero-order valence-corrected chi connectivity index (χ0v) is 10.6. The standard InChI is InChI=1S/C12H15ClOS/c1-3-4-5-11(14)10-7-6-9(13)8-12(10)15-2/h6-8H,3-5H2,1-2H3. The van der Waals surface area contributed by atoms with E-state index in [9.17, 15) is 4.79 Å². The number of hydrogen-bond acceptors (Lipinski definition) is 2. The molecule has 1 rings (SSSR count). The molecule has 0 radical (unpaired) electrons. The van der Waals surface area contributed by atoms with Gasteiger partial charge in [-0.2, -0.15) is 0 Å². The third kappa shape index (κ3) is 3.54. The molecule has 0 aliphatic rings. The number of thioether (sulfide) groups is 1. The van der Waals surface area contributed by atoms with Gasteiger partial charge in [0.05, 0.1) is 0 Å². The summed E-state index contributed by atoms with van der Waals surface area (Å²) in [6, 6.07) is 5.46. The number of Topliss-reactive ketones (excluding diaryl/α,β-unsaturated/α-hetero) is 1. The van der Waals surface area contributed by atoms with E-state index in [1.165, 1.54) is 0 Å². The van der Waals surface area contributed by atoms with Gasteiger partial charge in [-0.3, -0.25) is 4.79 Å². The third-order valence-corrected chi connectivity index (χ3v) is 3.23. The summed E-state index contributed by atoms with van der Waals surface area (Å²) in [5.74, 6) is 0.220. The van der Waals surface area contributed by atoms with Crippen LogP contribution in [0.5, 0.6) is 0 Å². The van der Waals surface area contributed by atoms with Crippen molar-refractivity contribution in [1.82, 2.24) is 0 Å². The molecule has 1 aromatic rings. The minimum atomic E-state index is 0.220. The minimum absolute atomic E-state index is 0.220. The molecule has 0 unspecified atom stereocenters. The van der Waals surface area contributed by atoms with Crippen molar-refractivity contribution in [2.24, 2.45) is 0 Å². The Morgan fingerprint density at radius 2 is 2.20 bits per heavy atom. The van der Waals surface area contributed by atoms with E-state index in [1.807, 2.05) is 18.4 Å². The molecule has 15 heavy (non-hydrogen) atoms. The van der Waals surface area contributed by atoms with Crippen molar-refractivity contribution < 1.29 is 4.79 Å². The van der Waals surface area contributed by atoms with Gasteiger partial charge in [-0.05, 0) is 30.9 Å². The lowest BCUT2D eigenvalue weighted by Gasteiger charge is -2.06. The molecular formula is C12H15ClOS. The van der Waals surface area contributed by atoms with Gasteiger partial charge in [-0.15, -0.1) is 11.8 Å². The number of rotatable bonds is 5. The molecule has 0 saturated heterocycles. The molecule has 0 spiro atoms. The van der Waals surface area contributed by atoms with E-state index in [0.717, 1.165) is 23.3 Å². The van der Waals surface area contributed by atoms with Crippen molar-refractivity contribution in [3.05, 3.63) is 28.8 Å². The summed E-state index contributed by atoms with van der Waals surface area (Å²) in [5.41, 5.74) is 0.806. The smallest absolute Gasteiger partial charge is 0.164 e. The lowest BCUT2D eigenvalue weighted by Crippen LogP contribution is -2.00. The van der Waals surface area contributed by atoms with E-state index in [0.29, 0.717) is 11.4 Å². The Balaban J connectivity index is 2.87. The normalized spacial score (nSPS) is 10.3. The predicted molar refractivity (Wildman–Crippen MR) is 67.1 cm³/mol. The van der Waals surface area contributed by atoms with Gasteiger partial charge < -0.3 is 0 Å². The highest BCUT2D eigenvalue weighted by molar-refractivity contribution is 7.98. The monoisotopic (exact) mass is 242 g/mol. The van der Waals surface area contributed by atoms with E-state index >= 15 is 0 Å². The average molecular weight is 243 g/mol. The first kappa shape index (κ1) is 12.6. The topological polar surface area (TPSA) is 17.1 Å².